The number of rotatable bonds is 10. The summed E-state index contributed by atoms with van der Waals surface area (Å²) in [5, 5.41) is 0. The van der Waals surface area contributed by atoms with Crippen LogP contribution in [0.3, 0.4) is 0 Å². The van der Waals surface area contributed by atoms with Gasteiger partial charge < -0.3 is 13.3 Å². The lowest BCUT2D eigenvalue weighted by atomic mass is 10.3. The minimum atomic E-state index is -2.53. The topological polar surface area (TPSA) is 40.6 Å². The molecule has 1 heterocycles. The van der Waals surface area contributed by atoms with Crippen LogP contribution in [0, 0.1) is 0 Å². The molecule has 0 N–H and O–H groups in total. The Kier molecular flexibility index (Phi) is 8.60. The highest BCUT2D eigenvalue weighted by molar-refractivity contribution is 9.26. The Morgan fingerprint density at radius 3 is 2.48 bits per heavy atom. The highest BCUT2D eigenvalue weighted by Gasteiger charge is 2.44. The number of fused-ring (bicyclic) bond motifs is 1. The van der Waals surface area contributed by atoms with E-state index in [0.717, 1.165) is 15.6 Å². The van der Waals surface area contributed by atoms with Crippen molar-refractivity contribution in [3.63, 3.8) is 0 Å². The summed E-state index contributed by atoms with van der Waals surface area (Å²) in [7, 11) is 9.43. The molecule has 1 unspecified atom stereocenters. The standard InChI is InChI=1S/C13H19NO3S5Si/c1-10(23(15-2,16-3)17-4)9-18-21-22-20-13-14-11-7-5-6-8-12(11)19-13/h5-8,10H,9H2,1-4H3. The number of hydrogen-bond donors (Lipinski definition) is 0. The lowest BCUT2D eigenvalue weighted by molar-refractivity contribution is 0.116. The Bertz CT molecular complexity index is 569. The minimum Gasteiger partial charge on any atom is -0.377 e. The molecule has 0 fully saturated rings. The summed E-state index contributed by atoms with van der Waals surface area (Å²) in [6.45, 7) is 2.11. The number of thiazole rings is 1. The summed E-state index contributed by atoms with van der Waals surface area (Å²) in [5.41, 5.74) is 1.32. The molecule has 0 spiro atoms. The van der Waals surface area contributed by atoms with E-state index >= 15 is 0 Å². The van der Waals surface area contributed by atoms with Crippen molar-refractivity contribution in [2.24, 2.45) is 0 Å². The van der Waals surface area contributed by atoms with Gasteiger partial charge in [-0.15, -0.1) is 11.3 Å². The van der Waals surface area contributed by atoms with Crippen molar-refractivity contribution in [2.75, 3.05) is 27.1 Å². The Morgan fingerprint density at radius 1 is 1.13 bits per heavy atom. The molecule has 0 saturated carbocycles. The Balaban J connectivity index is 1.73. The van der Waals surface area contributed by atoms with Crippen LogP contribution in [-0.4, -0.2) is 40.9 Å². The number of aromatic nitrogens is 1. The fourth-order valence-corrected chi connectivity index (χ4v) is 12.6. The maximum Gasteiger partial charge on any atom is 0.504 e. The first-order chi connectivity index (χ1) is 11.1. The van der Waals surface area contributed by atoms with Gasteiger partial charge in [0.2, 0.25) is 0 Å². The average molecular weight is 426 g/mol. The summed E-state index contributed by atoms with van der Waals surface area (Å²) in [5.74, 6) is 0.916. The third kappa shape index (κ3) is 5.29. The van der Waals surface area contributed by atoms with Gasteiger partial charge in [0.15, 0.2) is 4.34 Å². The van der Waals surface area contributed by atoms with Gasteiger partial charge in [0.25, 0.3) is 0 Å². The zero-order chi connectivity index (χ0) is 16.7. The molecule has 0 aliphatic rings. The van der Waals surface area contributed by atoms with Crippen molar-refractivity contribution < 1.29 is 13.3 Å². The van der Waals surface area contributed by atoms with Gasteiger partial charge in [-0.05, 0) is 42.6 Å². The van der Waals surface area contributed by atoms with Crippen molar-refractivity contribution >= 4 is 71.6 Å². The second-order valence-corrected chi connectivity index (χ2v) is 15.1. The van der Waals surface area contributed by atoms with Crippen molar-refractivity contribution in [3.8, 4) is 0 Å². The predicted molar refractivity (Wildman–Crippen MR) is 109 cm³/mol. The van der Waals surface area contributed by atoms with E-state index in [-0.39, 0.29) is 5.54 Å². The fraction of sp³-hybridized carbons (Fsp3) is 0.462. The molecule has 1 aromatic heterocycles. The van der Waals surface area contributed by atoms with E-state index in [1.54, 1.807) is 73.9 Å². The summed E-state index contributed by atoms with van der Waals surface area (Å²) in [6, 6.07) is 8.23. The molecule has 128 valence electrons. The first-order valence-electron chi connectivity index (χ1n) is 6.79. The van der Waals surface area contributed by atoms with Crippen molar-refractivity contribution in [1.29, 1.82) is 0 Å². The monoisotopic (exact) mass is 425 g/mol. The highest BCUT2D eigenvalue weighted by atomic mass is 33.7. The molecule has 2 rings (SSSR count). The molecule has 0 amide bonds. The second kappa shape index (κ2) is 9.93. The molecule has 1 aromatic carbocycles. The number of hydrogen-bond acceptors (Lipinski definition) is 9. The van der Waals surface area contributed by atoms with Gasteiger partial charge in [0, 0.05) is 32.6 Å². The highest BCUT2D eigenvalue weighted by Crippen LogP contribution is 2.49. The van der Waals surface area contributed by atoms with Crippen LogP contribution in [0.1, 0.15) is 6.92 Å². The van der Waals surface area contributed by atoms with Crippen LogP contribution in [0.5, 0.6) is 0 Å². The van der Waals surface area contributed by atoms with Crippen LogP contribution in [0.2, 0.25) is 5.54 Å². The zero-order valence-corrected chi connectivity index (χ0v) is 18.4. The van der Waals surface area contributed by atoms with Crippen LogP contribution >= 0.6 is 52.6 Å². The molecule has 0 saturated heterocycles. The summed E-state index contributed by atoms with van der Waals surface area (Å²) in [4.78, 5) is 4.61. The molecule has 1 atom stereocenters. The van der Waals surface area contributed by atoms with Gasteiger partial charge in [-0.1, -0.05) is 29.9 Å². The van der Waals surface area contributed by atoms with Crippen LogP contribution in [0.4, 0.5) is 0 Å². The zero-order valence-electron chi connectivity index (χ0n) is 13.3. The molecular formula is C13H19NO3S5Si. The number of para-hydroxylation sites is 1. The summed E-state index contributed by atoms with van der Waals surface area (Å²) < 4.78 is 18.9. The van der Waals surface area contributed by atoms with Gasteiger partial charge in [-0.2, -0.15) is 0 Å². The van der Waals surface area contributed by atoms with Crippen LogP contribution in [0.25, 0.3) is 10.2 Å². The fourth-order valence-electron chi connectivity index (χ4n) is 2.03. The third-order valence-electron chi connectivity index (χ3n) is 3.23. The molecule has 0 bridgehead atoms. The summed E-state index contributed by atoms with van der Waals surface area (Å²) >= 11 is 1.73. The quantitative estimate of drug-likeness (QED) is 0.277. The van der Waals surface area contributed by atoms with Gasteiger partial charge >= 0.3 is 8.80 Å². The van der Waals surface area contributed by atoms with E-state index in [0.29, 0.717) is 0 Å². The van der Waals surface area contributed by atoms with Gasteiger partial charge in [-0.3, -0.25) is 0 Å². The van der Waals surface area contributed by atoms with Gasteiger partial charge in [0.05, 0.1) is 10.2 Å². The average Bonchev–Trinajstić information content (AvgIpc) is 2.99. The second-order valence-electron chi connectivity index (χ2n) is 4.57. The number of nitrogens with zero attached hydrogens (tertiary/aromatic N) is 1. The van der Waals surface area contributed by atoms with Crippen LogP contribution in [0.15, 0.2) is 28.6 Å². The SMILES string of the molecule is CO[Si](OC)(OC)C(C)CSSSSc1nc2ccccc2s1. The molecule has 0 radical (unpaired) electrons. The van der Waals surface area contributed by atoms with Crippen LogP contribution < -0.4 is 0 Å². The lowest BCUT2D eigenvalue weighted by Gasteiger charge is -2.29. The molecule has 0 aliphatic heterocycles. The van der Waals surface area contributed by atoms with E-state index in [9.17, 15) is 0 Å². The van der Waals surface area contributed by atoms with Crippen molar-refractivity contribution in [2.45, 2.75) is 16.8 Å². The van der Waals surface area contributed by atoms with Gasteiger partial charge in [0.1, 0.15) is 0 Å². The minimum absolute atomic E-state index is 0.244. The molecule has 4 nitrogen and oxygen atoms in total. The first-order valence-corrected chi connectivity index (χ1v) is 14.4. The molecule has 0 aliphatic carbocycles. The largest absolute Gasteiger partial charge is 0.504 e. The Labute approximate surface area is 157 Å². The van der Waals surface area contributed by atoms with Crippen LogP contribution in [-0.2, 0) is 13.3 Å². The van der Waals surface area contributed by atoms with Gasteiger partial charge in [-0.25, -0.2) is 4.98 Å². The maximum atomic E-state index is 5.51. The molecule has 23 heavy (non-hydrogen) atoms. The summed E-state index contributed by atoms with van der Waals surface area (Å²) in [6.07, 6.45) is 0. The number of benzene rings is 1. The molecular weight excluding hydrogens is 407 g/mol. The normalized spacial score (nSPS) is 13.6. The third-order valence-corrected chi connectivity index (χ3v) is 14.4. The first kappa shape index (κ1) is 19.9. The van der Waals surface area contributed by atoms with Crippen molar-refractivity contribution in [1.82, 2.24) is 4.98 Å². The van der Waals surface area contributed by atoms with E-state index < -0.39 is 8.80 Å². The Hall–Kier alpha value is 0.607. The smallest absolute Gasteiger partial charge is 0.377 e. The molecule has 10 heteroatoms. The van der Waals surface area contributed by atoms with E-state index in [2.05, 4.69) is 24.0 Å². The van der Waals surface area contributed by atoms with E-state index in [1.807, 2.05) is 12.1 Å². The Morgan fingerprint density at radius 2 is 1.83 bits per heavy atom. The lowest BCUT2D eigenvalue weighted by Crippen LogP contribution is -2.47. The molecule has 2 aromatic rings. The predicted octanol–water partition coefficient (Wildman–Crippen LogP) is 5.60. The van der Waals surface area contributed by atoms with E-state index in [1.165, 1.54) is 4.70 Å². The van der Waals surface area contributed by atoms with Crippen molar-refractivity contribution in [3.05, 3.63) is 24.3 Å². The van der Waals surface area contributed by atoms with E-state index in [4.69, 9.17) is 13.3 Å². The maximum absolute atomic E-state index is 5.51.